The molecule has 9 heteroatoms. The van der Waals surface area contributed by atoms with Crippen molar-refractivity contribution in [3.05, 3.63) is 59.1 Å². The molecule has 0 radical (unpaired) electrons. The van der Waals surface area contributed by atoms with Gasteiger partial charge in [0.2, 0.25) is 11.8 Å². The smallest absolute Gasteiger partial charge is 0.325 e. The van der Waals surface area contributed by atoms with Crippen molar-refractivity contribution in [1.82, 2.24) is 4.90 Å². The van der Waals surface area contributed by atoms with Crippen molar-refractivity contribution in [2.24, 2.45) is 0 Å². The van der Waals surface area contributed by atoms with E-state index in [9.17, 15) is 22.8 Å². The number of carbonyl (C=O) groups is 2. The quantitative estimate of drug-likeness (QED) is 0.713. The maximum absolute atomic E-state index is 13.0. The van der Waals surface area contributed by atoms with Crippen LogP contribution in [0.5, 0.6) is 0 Å². The minimum absolute atomic E-state index is 0.0999. The number of halogens is 4. The molecule has 28 heavy (non-hydrogen) atoms. The Labute approximate surface area is 165 Å². The van der Waals surface area contributed by atoms with Crippen LogP contribution in [0.15, 0.2) is 48.5 Å². The standard InChI is InChI=1S/C19H19ClF3N3O2/c1-2-26(11-17(27)24-14-7-5-6-13(20)10-14)12-18(28)25-16-9-4-3-8-15(16)19(21,22)23/h3-10H,2,11-12H2,1H3,(H,24,27)(H,25,28). The van der Waals surface area contributed by atoms with Crippen LogP contribution < -0.4 is 10.6 Å². The number of amides is 2. The zero-order valence-electron chi connectivity index (χ0n) is 15.0. The first-order chi connectivity index (χ1) is 13.2. The Balaban J connectivity index is 1.95. The third kappa shape index (κ3) is 6.54. The largest absolute Gasteiger partial charge is 0.418 e. The molecule has 0 atom stereocenters. The van der Waals surface area contributed by atoms with Crippen LogP contribution in [0, 0.1) is 0 Å². The molecule has 0 unspecified atom stereocenters. The van der Waals surface area contributed by atoms with Crippen LogP contribution in [0.4, 0.5) is 24.5 Å². The minimum atomic E-state index is -4.58. The minimum Gasteiger partial charge on any atom is -0.325 e. The van der Waals surface area contributed by atoms with E-state index >= 15 is 0 Å². The van der Waals surface area contributed by atoms with Gasteiger partial charge in [0.15, 0.2) is 0 Å². The summed E-state index contributed by atoms with van der Waals surface area (Å²) in [7, 11) is 0. The van der Waals surface area contributed by atoms with E-state index in [1.807, 2.05) is 0 Å². The number of nitrogens with one attached hydrogen (secondary N) is 2. The van der Waals surface area contributed by atoms with E-state index < -0.39 is 17.6 Å². The van der Waals surface area contributed by atoms with E-state index in [2.05, 4.69) is 10.6 Å². The van der Waals surface area contributed by atoms with Gasteiger partial charge in [-0.25, -0.2) is 0 Å². The highest BCUT2D eigenvalue weighted by Crippen LogP contribution is 2.34. The molecule has 5 nitrogen and oxygen atoms in total. The van der Waals surface area contributed by atoms with Gasteiger partial charge < -0.3 is 10.6 Å². The predicted molar refractivity (Wildman–Crippen MR) is 102 cm³/mol. The fourth-order valence-corrected chi connectivity index (χ4v) is 2.67. The molecule has 2 amide bonds. The van der Waals surface area contributed by atoms with Crippen molar-refractivity contribution < 1.29 is 22.8 Å². The highest BCUT2D eigenvalue weighted by atomic mass is 35.5. The molecule has 150 valence electrons. The summed E-state index contributed by atoms with van der Waals surface area (Å²) in [4.78, 5) is 25.8. The SMILES string of the molecule is CCN(CC(=O)Nc1cccc(Cl)c1)CC(=O)Nc1ccccc1C(F)(F)F. The van der Waals surface area contributed by atoms with E-state index in [1.54, 1.807) is 31.2 Å². The van der Waals surface area contributed by atoms with Crippen molar-refractivity contribution in [3.63, 3.8) is 0 Å². The maximum Gasteiger partial charge on any atom is 0.418 e. The molecule has 2 aromatic carbocycles. The highest BCUT2D eigenvalue weighted by Gasteiger charge is 2.33. The summed E-state index contributed by atoms with van der Waals surface area (Å²) in [5, 5.41) is 5.38. The van der Waals surface area contributed by atoms with E-state index in [4.69, 9.17) is 11.6 Å². The van der Waals surface area contributed by atoms with Crippen LogP contribution >= 0.6 is 11.6 Å². The number of hydrogen-bond donors (Lipinski definition) is 2. The first-order valence-electron chi connectivity index (χ1n) is 8.43. The summed E-state index contributed by atoms with van der Waals surface area (Å²) in [6.45, 7) is 1.77. The molecular formula is C19H19ClF3N3O2. The molecule has 0 aliphatic rings. The highest BCUT2D eigenvalue weighted by molar-refractivity contribution is 6.30. The Morgan fingerprint density at radius 1 is 1.00 bits per heavy atom. The third-order valence-electron chi connectivity index (χ3n) is 3.80. The van der Waals surface area contributed by atoms with E-state index in [-0.39, 0.29) is 24.7 Å². The Bertz CT molecular complexity index is 843. The molecule has 2 rings (SSSR count). The molecule has 0 bridgehead atoms. The molecular weight excluding hydrogens is 395 g/mol. The van der Waals surface area contributed by atoms with Gasteiger partial charge in [-0.2, -0.15) is 13.2 Å². The summed E-state index contributed by atoms with van der Waals surface area (Å²) in [5.74, 6) is -1.01. The topological polar surface area (TPSA) is 61.4 Å². The summed E-state index contributed by atoms with van der Waals surface area (Å²) in [5.41, 5.74) is -0.735. The second kappa shape index (κ2) is 9.57. The molecule has 0 spiro atoms. The van der Waals surface area contributed by atoms with Crippen LogP contribution in [-0.4, -0.2) is 36.3 Å². The van der Waals surface area contributed by atoms with Crippen molar-refractivity contribution in [2.75, 3.05) is 30.3 Å². The molecule has 2 N–H and O–H groups in total. The zero-order valence-corrected chi connectivity index (χ0v) is 15.8. The first-order valence-corrected chi connectivity index (χ1v) is 8.80. The Morgan fingerprint density at radius 2 is 1.64 bits per heavy atom. The lowest BCUT2D eigenvalue weighted by Gasteiger charge is -2.20. The maximum atomic E-state index is 13.0. The second-order valence-electron chi connectivity index (χ2n) is 5.95. The number of para-hydroxylation sites is 1. The van der Waals surface area contributed by atoms with Crippen LogP contribution in [0.3, 0.4) is 0 Å². The fourth-order valence-electron chi connectivity index (χ4n) is 2.48. The van der Waals surface area contributed by atoms with Crippen molar-refractivity contribution >= 4 is 34.8 Å². The number of anilines is 2. The normalized spacial score (nSPS) is 11.4. The van der Waals surface area contributed by atoms with E-state index in [0.717, 1.165) is 6.07 Å². The second-order valence-corrected chi connectivity index (χ2v) is 6.39. The third-order valence-corrected chi connectivity index (χ3v) is 4.03. The number of likely N-dealkylation sites (N-methyl/N-ethyl adjacent to an activating group) is 1. The Kier molecular flexibility index (Phi) is 7.42. The first kappa shape index (κ1) is 21.7. The van der Waals surface area contributed by atoms with Gasteiger partial charge >= 0.3 is 6.18 Å². The fraction of sp³-hybridized carbons (Fsp3) is 0.263. The van der Waals surface area contributed by atoms with Gasteiger partial charge in [0.1, 0.15) is 0 Å². The average Bonchev–Trinajstić information content (AvgIpc) is 2.60. The molecule has 0 fully saturated rings. The zero-order chi connectivity index (χ0) is 20.7. The molecule has 0 aliphatic carbocycles. The van der Waals surface area contributed by atoms with Crippen LogP contribution in [0.2, 0.25) is 5.02 Å². The summed E-state index contributed by atoms with van der Waals surface area (Å²) in [6.07, 6.45) is -4.58. The molecule has 0 aliphatic heterocycles. The lowest BCUT2D eigenvalue weighted by Crippen LogP contribution is -2.38. The number of alkyl halides is 3. The van der Waals surface area contributed by atoms with Crippen LogP contribution in [-0.2, 0) is 15.8 Å². The Hall–Kier alpha value is -2.58. The van der Waals surface area contributed by atoms with Crippen LogP contribution in [0.1, 0.15) is 12.5 Å². The number of carbonyl (C=O) groups excluding carboxylic acids is 2. The van der Waals surface area contributed by atoms with Crippen molar-refractivity contribution in [1.29, 1.82) is 0 Å². The molecule has 0 heterocycles. The molecule has 0 saturated carbocycles. The van der Waals surface area contributed by atoms with Gasteiger partial charge in [-0.15, -0.1) is 0 Å². The summed E-state index contributed by atoms with van der Waals surface area (Å²) >= 11 is 5.86. The van der Waals surface area contributed by atoms with Gasteiger partial charge in [-0.05, 0) is 36.9 Å². The molecule has 0 aromatic heterocycles. The molecule has 0 saturated heterocycles. The number of benzene rings is 2. The molecule has 2 aromatic rings. The lowest BCUT2D eigenvalue weighted by molar-refractivity contribution is -0.137. The Morgan fingerprint density at radius 3 is 2.25 bits per heavy atom. The van der Waals surface area contributed by atoms with E-state index in [0.29, 0.717) is 17.3 Å². The van der Waals surface area contributed by atoms with Gasteiger partial charge in [0.05, 0.1) is 24.3 Å². The van der Waals surface area contributed by atoms with Crippen LogP contribution in [0.25, 0.3) is 0 Å². The average molecular weight is 414 g/mol. The van der Waals surface area contributed by atoms with Gasteiger partial charge in [-0.3, -0.25) is 14.5 Å². The van der Waals surface area contributed by atoms with Gasteiger partial charge in [0.25, 0.3) is 0 Å². The van der Waals surface area contributed by atoms with Crippen molar-refractivity contribution in [2.45, 2.75) is 13.1 Å². The lowest BCUT2D eigenvalue weighted by atomic mass is 10.1. The summed E-state index contributed by atoms with van der Waals surface area (Å²) in [6, 6.07) is 11.3. The van der Waals surface area contributed by atoms with Crippen molar-refractivity contribution in [3.8, 4) is 0 Å². The van der Waals surface area contributed by atoms with Gasteiger partial charge in [0, 0.05) is 10.7 Å². The number of rotatable bonds is 7. The summed E-state index contributed by atoms with van der Waals surface area (Å²) < 4.78 is 39.0. The van der Waals surface area contributed by atoms with E-state index in [1.165, 1.54) is 23.1 Å². The van der Waals surface area contributed by atoms with Gasteiger partial charge in [-0.1, -0.05) is 36.7 Å². The number of hydrogen-bond acceptors (Lipinski definition) is 3. The predicted octanol–water partition coefficient (Wildman–Crippen LogP) is 4.26. The number of nitrogens with zero attached hydrogens (tertiary/aromatic N) is 1. The monoisotopic (exact) mass is 413 g/mol.